The van der Waals surface area contributed by atoms with Gasteiger partial charge in [-0.15, -0.1) is 0 Å². The van der Waals surface area contributed by atoms with Gasteiger partial charge < -0.3 is 19.7 Å². The van der Waals surface area contributed by atoms with Gasteiger partial charge in [0.1, 0.15) is 0 Å². The van der Waals surface area contributed by atoms with Crippen LogP contribution in [-0.4, -0.2) is 39.6 Å². The Labute approximate surface area is 198 Å². The largest absolute Gasteiger partial charge is 0.454 e. The van der Waals surface area contributed by atoms with E-state index in [-0.39, 0.29) is 48.4 Å². The Morgan fingerprint density at radius 1 is 1.09 bits per heavy atom. The second-order valence-corrected chi connectivity index (χ2v) is 10.7. The number of hydrogen-bond acceptors (Lipinski definition) is 6. The van der Waals surface area contributed by atoms with Crippen LogP contribution in [0.5, 0.6) is 11.5 Å². The van der Waals surface area contributed by atoms with E-state index >= 15 is 0 Å². The summed E-state index contributed by atoms with van der Waals surface area (Å²) in [7, 11) is -3.77. The maximum absolute atomic E-state index is 12.8. The van der Waals surface area contributed by atoms with Gasteiger partial charge in [0.2, 0.25) is 28.6 Å². The van der Waals surface area contributed by atoms with E-state index < -0.39 is 10.0 Å². The van der Waals surface area contributed by atoms with Gasteiger partial charge in [0.15, 0.2) is 11.5 Å². The molecule has 0 radical (unpaired) electrons. The van der Waals surface area contributed by atoms with E-state index in [0.29, 0.717) is 24.5 Å². The molecule has 9 nitrogen and oxygen atoms in total. The van der Waals surface area contributed by atoms with E-state index in [1.807, 2.05) is 13.0 Å². The van der Waals surface area contributed by atoms with Crippen molar-refractivity contribution >= 4 is 27.5 Å². The van der Waals surface area contributed by atoms with Gasteiger partial charge in [-0.3, -0.25) is 9.59 Å². The lowest BCUT2D eigenvalue weighted by Gasteiger charge is -2.22. The van der Waals surface area contributed by atoms with Crippen molar-refractivity contribution in [3.05, 3.63) is 47.5 Å². The molecule has 1 atom stereocenters. The normalized spacial score (nSPS) is 18.6. The van der Waals surface area contributed by atoms with E-state index in [2.05, 4.69) is 10.0 Å². The maximum Gasteiger partial charge on any atom is 0.240 e. The third-order valence-corrected chi connectivity index (χ3v) is 7.77. The van der Waals surface area contributed by atoms with E-state index in [1.54, 1.807) is 29.2 Å². The van der Waals surface area contributed by atoms with Gasteiger partial charge in [-0.25, -0.2) is 13.1 Å². The van der Waals surface area contributed by atoms with Gasteiger partial charge in [0, 0.05) is 37.2 Å². The second-order valence-electron chi connectivity index (χ2n) is 8.94. The molecule has 2 heterocycles. The molecule has 2 aromatic carbocycles. The number of carbonyl (C=O) groups excluding carboxylic acids is 2. The fourth-order valence-corrected chi connectivity index (χ4v) is 5.44. The minimum Gasteiger partial charge on any atom is -0.454 e. The molecule has 0 spiro atoms. The Morgan fingerprint density at radius 3 is 2.68 bits per heavy atom. The molecule has 0 bridgehead atoms. The second kappa shape index (κ2) is 8.92. The van der Waals surface area contributed by atoms with Gasteiger partial charge in [0.25, 0.3) is 0 Å². The number of benzene rings is 2. The van der Waals surface area contributed by atoms with Crippen LogP contribution in [0.3, 0.4) is 0 Å². The van der Waals surface area contributed by atoms with Crippen molar-refractivity contribution in [1.29, 1.82) is 0 Å². The highest BCUT2D eigenvalue weighted by Gasteiger charge is 2.39. The van der Waals surface area contributed by atoms with Crippen molar-refractivity contribution in [1.82, 2.24) is 10.0 Å². The molecule has 1 aliphatic carbocycles. The van der Waals surface area contributed by atoms with Crippen LogP contribution < -0.4 is 24.4 Å². The molecule has 180 valence electrons. The number of nitrogens with one attached hydrogen (secondary N) is 2. The zero-order valence-electron chi connectivity index (χ0n) is 18.9. The van der Waals surface area contributed by atoms with Crippen molar-refractivity contribution < 1.29 is 27.5 Å². The lowest BCUT2D eigenvalue weighted by Crippen LogP contribution is -2.36. The first-order valence-corrected chi connectivity index (χ1v) is 12.9. The number of rotatable bonds is 8. The molecule has 3 aliphatic rings. The summed E-state index contributed by atoms with van der Waals surface area (Å²) in [5.74, 6) is 1.29. The minimum absolute atomic E-state index is 0.00935. The predicted molar refractivity (Wildman–Crippen MR) is 124 cm³/mol. The average Bonchev–Trinajstić information content (AvgIpc) is 3.46. The van der Waals surface area contributed by atoms with Crippen LogP contribution in [0.1, 0.15) is 37.3 Å². The number of nitrogens with zero attached hydrogens (tertiary/aromatic N) is 1. The minimum atomic E-state index is -3.77. The number of ether oxygens (including phenoxy) is 2. The van der Waals surface area contributed by atoms with Crippen LogP contribution in [0, 0.1) is 5.92 Å². The standard InChI is InChI=1S/C24H27N3O6S/c1-15-10-18-12-19(5-6-20(18)27(15)24(29)17-3-4-17)34(30,31)26-9-8-23(28)25-13-16-2-7-21-22(11-16)33-14-32-21/h2,5-7,11-12,15,17,26H,3-4,8-10,13-14H2,1H3,(H,25,28)/t15-/m0/s1. The average molecular weight is 486 g/mol. The summed E-state index contributed by atoms with van der Waals surface area (Å²) < 4.78 is 38.6. The zero-order chi connectivity index (χ0) is 23.9. The smallest absolute Gasteiger partial charge is 0.240 e. The van der Waals surface area contributed by atoms with Crippen LogP contribution in [0.15, 0.2) is 41.3 Å². The number of anilines is 1. The molecule has 1 saturated carbocycles. The Hall–Kier alpha value is -3.11. The Bertz CT molecular complexity index is 1240. The lowest BCUT2D eigenvalue weighted by atomic mass is 10.1. The van der Waals surface area contributed by atoms with E-state index in [0.717, 1.165) is 29.7 Å². The number of sulfonamides is 1. The third-order valence-electron chi connectivity index (χ3n) is 6.31. The summed E-state index contributed by atoms with van der Waals surface area (Å²) >= 11 is 0. The zero-order valence-corrected chi connectivity index (χ0v) is 19.7. The SMILES string of the molecule is C[C@H]1Cc2cc(S(=O)(=O)NCCC(=O)NCc3ccc4c(c3)OCO4)ccc2N1C(=O)C1CC1. The molecule has 0 aromatic heterocycles. The molecular weight excluding hydrogens is 458 g/mol. The van der Waals surface area contributed by atoms with Gasteiger partial charge in [-0.05, 0) is 67.6 Å². The maximum atomic E-state index is 12.8. The molecule has 10 heteroatoms. The van der Waals surface area contributed by atoms with Gasteiger partial charge in [0.05, 0.1) is 4.90 Å². The number of carbonyl (C=O) groups is 2. The van der Waals surface area contributed by atoms with E-state index in [9.17, 15) is 18.0 Å². The fourth-order valence-electron chi connectivity index (χ4n) is 4.36. The quantitative estimate of drug-likeness (QED) is 0.592. The fraction of sp³-hybridized carbons (Fsp3) is 0.417. The molecule has 2 amide bonds. The number of amides is 2. The molecule has 2 N–H and O–H groups in total. The summed E-state index contributed by atoms with van der Waals surface area (Å²) in [6.07, 6.45) is 2.49. The van der Waals surface area contributed by atoms with E-state index in [4.69, 9.17) is 9.47 Å². The van der Waals surface area contributed by atoms with Crippen molar-refractivity contribution in [2.24, 2.45) is 5.92 Å². The molecule has 34 heavy (non-hydrogen) atoms. The summed E-state index contributed by atoms with van der Waals surface area (Å²) in [6, 6.07) is 10.3. The highest BCUT2D eigenvalue weighted by molar-refractivity contribution is 7.89. The summed E-state index contributed by atoms with van der Waals surface area (Å²) in [5.41, 5.74) is 2.51. The third kappa shape index (κ3) is 4.60. The van der Waals surface area contributed by atoms with Gasteiger partial charge >= 0.3 is 0 Å². The highest BCUT2D eigenvalue weighted by Crippen LogP contribution is 2.39. The van der Waals surface area contributed by atoms with Gasteiger partial charge in [-0.2, -0.15) is 0 Å². The van der Waals surface area contributed by atoms with Crippen LogP contribution in [0.4, 0.5) is 5.69 Å². The van der Waals surface area contributed by atoms with Gasteiger partial charge in [-0.1, -0.05) is 6.07 Å². The van der Waals surface area contributed by atoms with Crippen molar-refractivity contribution in [3.63, 3.8) is 0 Å². The first-order valence-electron chi connectivity index (χ1n) is 11.4. The molecule has 0 unspecified atom stereocenters. The summed E-state index contributed by atoms with van der Waals surface area (Å²) in [6.45, 7) is 2.46. The van der Waals surface area contributed by atoms with Crippen molar-refractivity contribution in [2.45, 2.75) is 50.1 Å². The summed E-state index contributed by atoms with van der Waals surface area (Å²) in [5, 5.41) is 2.78. The topological polar surface area (TPSA) is 114 Å². The Kier molecular flexibility index (Phi) is 5.95. The summed E-state index contributed by atoms with van der Waals surface area (Å²) in [4.78, 5) is 26.7. The first-order chi connectivity index (χ1) is 16.3. The molecular formula is C24H27N3O6S. The number of hydrogen-bond donors (Lipinski definition) is 2. The molecule has 2 aromatic rings. The van der Waals surface area contributed by atoms with Crippen molar-refractivity contribution in [2.75, 3.05) is 18.2 Å². The first kappa shape index (κ1) is 22.7. The van der Waals surface area contributed by atoms with Crippen molar-refractivity contribution in [3.8, 4) is 11.5 Å². The number of fused-ring (bicyclic) bond motifs is 2. The van der Waals surface area contributed by atoms with Crippen LogP contribution in [-0.2, 0) is 32.6 Å². The Balaban J connectivity index is 1.14. The molecule has 1 fully saturated rings. The van der Waals surface area contributed by atoms with Crippen LogP contribution in [0.2, 0.25) is 0 Å². The van der Waals surface area contributed by atoms with E-state index in [1.165, 1.54) is 6.07 Å². The lowest BCUT2D eigenvalue weighted by molar-refractivity contribution is -0.121. The van der Waals surface area contributed by atoms with Crippen LogP contribution >= 0.6 is 0 Å². The molecule has 2 aliphatic heterocycles. The predicted octanol–water partition coefficient (Wildman–Crippen LogP) is 2.09. The van der Waals surface area contributed by atoms with Crippen LogP contribution in [0.25, 0.3) is 0 Å². The highest BCUT2D eigenvalue weighted by atomic mass is 32.2. The Morgan fingerprint density at radius 2 is 1.88 bits per heavy atom. The monoisotopic (exact) mass is 485 g/mol. The molecule has 0 saturated heterocycles. The molecule has 5 rings (SSSR count).